The van der Waals surface area contributed by atoms with Crippen LogP contribution in [0.3, 0.4) is 0 Å². The highest BCUT2D eigenvalue weighted by Crippen LogP contribution is 2.07. The van der Waals surface area contributed by atoms with Crippen LogP contribution in [0.5, 0.6) is 0 Å². The molecule has 0 saturated carbocycles. The number of nitrogens with one attached hydrogen (secondary N) is 2. The fourth-order valence-corrected chi connectivity index (χ4v) is 1.59. The van der Waals surface area contributed by atoms with Crippen molar-refractivity contribution in [3.63, 3.8) is 0 Å². The van der Waals surface area contributed by atoms with Crippen molar-refractivity contribution in [2.75, 3.05) is 6.54 Å². The maximum absolute atomic E-state index is 11.6. The summed E-state index contributed by atoms with van der Waals surface area (Å²) in [6.07, 6.45) is 1.70. The minimum Gasteiger partial charge on any atom is -0.481 e. The van der Waals surface area contributed by atoms with Gasteiger partial charge in [-0.05, 0) is 25.0 Å². The molecule has 6 nitrogen and oxygen atoms in total. The molecule has 0 saturated heterocycles. The Hall–Kier alpha value is -2.11. The standard InChI is InChI=1S/C13H19N3O3/c1-9(7-12(17)18)8-15-13(19)16-10(2)11-5-3-4-6-14-11/h3-6,9-10H,7-8H2,1-2H3,(H,17,18)(H2,15,16,19). The van der Waals surface area contributed by atoms with Crippen molar-refractivity contribution < 1.29 is 14.7 Å². The molecule has 0 fully saturated rings. The molecule has 0 spiro atoms. The number of hydrogen-bond donors (Lipinski definition) is 3. The van der Waals surface area contributed by atoms with E-state index in [-0.39, 0.29) is 24.4 Å². The molecule has 0 bridgehead atoms. The number of pyridine rings is 1. The summed E-state index contributed by atoms with van der Waals surface area (Å²) < 4.78 is 0. The topological polar surface area (TPSA) is 91.3 Å². The predicted molar refractivity (Wildman–Crippen MR) is 70.6 cm³/mol. The third-order valence-electron chi connectivity index (χ3n) is 2.61. The number of carbonyl (C=O) groups excluding carboxylic acids is 1. The van der Waals surface area contributed by atoms with E-state index < -0.39 is 5.97 Å². The summed E-state index contributed by atoms with van der Waals surface area (Å²) in [7, 11) is 0. The second-order valence-electron chi connectivity index (χ2n) is 4.53. The maximum Gasteiger partial charge on any atom is 0.315 e. The SMILES string of the molecule is CC(CNC(=O)NC(C)c1ccccn1)CC(=O)O. The lowest BCUT2D eigenvalue weighted by Gasteiger charge is -2.15. The van der Waals surface area contributed by atoms with E-state index in [4.69, 9.17) is 5.11 Å². The lowest BCUT2D eigenvalue weighted by Crippen LogP contribution is -2.39. The minimum absolute atomic E-state index is 0.0378. The quantitative estimate of drug-likeness (QED) is 0.727. The number of aromatic nitrogens is 1. The van der Waals surface area contributed by atoms with Crippen LogP contribution in [0.15, 0.2) is 24.4 Å². The molecule has 19 heavy (non-hydrogen) atoms. The predicted octanol–water partition coefficient (Wildman–Crippen LogP) is 1.55. The lowest BCUT2D eigenvalue weighted by atomic mass is 10.1. The maximum atomic E-state index is 11.6. The van der Waals surface area contributed by atoms with Crippen molar-refractivity contribution >= 4 is 12.0 Å². The van der Waals surface area contributed by atoms with Crippen molar-refractivity contribution in [1.82, 2.24) is 15.6 Å². The summed E-state index contributed by atoms with van der Waals surface area (Å²) in [5.41, 5.74) is 0.774. The Morgan fingerprint density at radius 2 is 2.11 bits per heavy atom. The number of urea groups is 1. The minimum atomic E-state index is -0.864. The van der Waals surface area contributed by atoms with Crippen LogP contribution in [-0.4, -0.2) is 28.6 Å². The van der Waals surface area contributed by atoms with Crippen molar-refractivity contribution in [2.24, 2.45) is 5.92 Å². The van der Waals surface area contributed by atoms with E-state index in [1.165, 1.54) is 0 Å². The molecule has 1 aromatic heterocycles. The summed E-state index contributed by atoms with van der Waals surface area (Å²) in [6.45, 7) is 3.94. The van der Waals surface area contributed by atoms with Gasteiger partial charge in [-0.1, -0.05) is 13.0 Å². The summed E-state index contributed by atoms with van der Waals surface area (Å²) in [5, 5.41) is 14.0. The number of carboxylic acids is 1. The van der Waals surface area contributed by atoms with Gasteiger partial charge in [0.1, 0.15) is 0 Å². The van der Waals surface area contributed by atoms with E-state index >= 15 is 0 Å². The largest absolute Gasteiger partial charge is 0.481 e. The van der Waals surface area contributed by atoms with E-state index in [0.717, 1.165) is 5.69 Å². The summed E-state index contributed by atoms with van der Waals surface area (Å²) >= 11 is 0. The monoisotopic (exact) mass is 265 g/mol. The molecule has 0 aliphatic heterocycles. The van der Waals surface area contributed by atoms with Gasteiger partial charge in [-0.15, -0.1) is 0 Å². The van der Waals surface area contributed by atoms with Crippen LogP contribution in [0.4, 0.5) is 4.79 Å². The number of nitrogens with zero attached hydrogens (tertiary/aromatic N) is 1. The molecule has 0 aliphatic carbocycles. The van der Waals surface area contributed by atoms with Crippen LogP contribution < -0.4 is 10.6 Å². The fraction of sp³-hybridized carbons (Fsp3) is 0.462. The van der Waals surface area contributed by atoms with Crippen molar-refractivity contribution in [3.8, 4) is 0 Å². The molecule has 6 heteroatoms. The van der Waals surface area contributed by atoms with Gasteiger partial charge in [-0.25, -0.2) is 4.79 Å². The van der Waals surface area contributed by atoms with Gasteiger partial charge in [0, 0.05) is 19.2 Å². The second kappa shape index (κ2) is 7.35. The van der Waals surface area contributed by atoms with Crippen LogP contribution in [0.2, 0.25) is 0 Å². The zero-order valence-corrected chi connectivity index (χ0v) is 11.1. The molecule has 1 rings (SSSR count). The molecule has 2 amide bonds. The van der Waals surface area contributed by atoms with E-state index in [1.807, 2.05) is 25.1 Å². The van der Waals surface area contributed by atoms with E-state index in [1.54, 1.807) is 13.1 Å². The number of rotatable bonds is 6. The summed E-state index contributed by atoms with van der Waals surface area (Å²) in [4.78, 5) is 26.2. The van der Waals surface area contributed by atoms with Crippen LogP contribution in [0, 0.1) is 5.92 Å². The molecule has 0 aliphatic rings. The van der Waals surface area contributed by atoms with Gasteiger partial charge < -0.3 is 15.7 Å². The average Bonchev–Trinajstić information content (AvgIpc) is 2.36. The van der Waals surface area contributed by atoms with Gasteiger partial charge in [0.15, 0.2) is 0 Å². The van der Waals surface area contributed by atoms with Crippen molar-refractivity contribution in [1.29, 1.82) is 0 Å². The molecule has 1 aromatic rings. The lowest BCUT2D eigenvalue weighted by molar-refractivity contribution is -0.137. The third-order valence-corrected chi connectivity index (χ3v) is 2.61. The number of carbonyl (C=O) groups is 2. The van der Waals surface area contributed by atoms with Gasteiger partial charge in [0.25, 0.3) is 0 Å². The molecule has 2 atom stereocenters. The molecule has 1 heterocycles. The fourth-order valence-electron chi connectivity index (χ4n) is 1.59. The molecule has 2 unspecified atom stereocenters. The first-order chi connectivity index (χ1) is 8.99. The molecule has 0 radical (unpaired) electrons. The van der Waals surface area contributed by atoms with E-state index in [0.29, 0.717) is 6.54 Å². The van der Waals surface area contributed by atoms with Crippen LogP contribution >= 0.6 is 0 Å². The Labute approximate surface area is 112 Å². The van der Waals surface area contributed by atoms with Gasteiger partial charge >= 0.3 is 12.0 Å². The second-order valence-corrected chi connectivity index (χ2v) is 4.53. The first kappa shape index (κ1) is 14.9. The Kier molecular flexibility index (Phi) is 5.78. The number of aliphatic carboxylic acids is 1. The summed E-state index contributed by atoms with van der Waals surface area (Å²) in [5.74, 6) is -0.968. The van der Waals surface area contributed by atoms with Gasteiger partial charge in [0.2, 0.25) is 0 Å². The third kappa shape index (κ3) is 5.85. The van der Waals surface area contributed by atoms with E-state index in [9.17, 15) is 9.59 Å². The molecular formula is C13H19N3O3. The van der Waals surface area contributed by atoms with Crippen LogP contribution in [-0.2, 0) is 4.79 Å². The van der Waals surface area contributed by atoms with Gasteiger partial charge in [0.05, 0.1) is 11.7 Å². The smallest absolute Gasteiger partial charge is 0.315 e. The number of amides is 2. The first-order valence-electron chi connectivity index (χ1n) is 6.16. The molecule has 104 valence electrons. The van der Waals surface area contributed by atoms with E-state index in [2.05, 4.69) is 15.6 Å². The highest BCUT2D eigenvalue weighted by atomic mass is 16.4. The molecule has 0 aromatic carbocycles. The zero-order valence-electron chi connectivity index (χ0n) is 11.1. The van der Waals surface area contributed by atoms with Crippen molar-refractivity contribution in [3.05, 3.63) is 30.1 Å². The van der Waals surface area contributed by atoms with Crippen LogP contribution in [0.1, 0.15) is 32.0 Å². The number of carboxylic acid groups (broad SMARTS) is 1. The highest BCUT2D eigenvalue weighted by molar-refractivity contribution is 5.74. The first-order valence-corrected chi connectivity index (χ1v) is 6.16. The van der Waals surface area contributed by atoms with Crippen molar-refractivity contribution in [2.45, 2.75) is 26.3 Å². The van der Waals surface area contributed by atoms with Crippen LogP contribution in [0.25, 0.3) is 0 Å². The average molecular weight is 265 g/mol. The van der Waals surface area contributed by atoms with Gasteiger partial charge in [-0.3, -0.25) is 9.78 Å². The Morgan fingerprint density at radius 3 is 2.68 bits per heavy atom. The Balaban J connectivity index is 2.33. The molecular weight excluding hydrogens is 246 g/mol. The Bertz CT molecular complexity index is 422. The number of hydrogen-bond acceptors (Lipinski definition) is 3. The Morgan fingerprint density at radius 1 is 1.37 bits per heavy atom. The highest BCUT2D eigenvalue weighted by Gasteiger charge is 2.12. The zero-order chi connectivity index (χ0) is 14.3. The summed E-state index contributed by atoms with van der Waals surface area (Å²) in [6, 6.07) is 4.97. The van der Waals surface area contributed by atoms with Gasteiger partial charge in [-0.2, -0.15) is 0 Å². The normalized spacial score (nSPS) is 13.4. The molecule has 3 N–H and O–H groups in total.